The van der Waals surface area contributed by atoms with Crippen LogP contribution in [0.1, 0.15) is 24.2 Å². The predicted octanol–water partition coefficient (Wildman–Crippen LogP) is 1.78. The van der Waals surface area contributed by atoms with E-state index in [2.05, 4.69) is 26.6 Å². The minimum Gasteiger partial charge on any atom is -0.478 e. The van der Waals surface area contributed by atoms with Gasteiger partial charge < -0.3 is 21.5 Å². The van der Waals surface area contributed by atoms with E-state index in [4.69, 9.17) is 10.8 Å². The van der Waals surface area contributed by atoms with Gasteiger partial charge in [-0.3, -0.25) is 4.79 Å². The van der Waals surface area contributed by atoms with E-state index < -0.39 is 23.3 Å². The number of nitrogens with two attached hydrogens (primary N) is 1. The molecule has 1 rings (SSSR count). The maximum atomic E-state index is 11.8. The lowest BCUT2D eigenvalue weighted by Gasteiger charge is -2.21. The Kier molecular flexibility index (Phi) is 5.31. The third-order valence-corrected chi connectivity index (χ3v) is 3.31. The predicted molar refractivity (Wildman–Crippen MR) is 81.1 cm³/mol. The van der Waals surface area contributed by atoms with Crippen LogP contribution in [0.15, 0.2) is 22.7 Å². The average molecular weight is 358 g/mol. The zero-order valence-electron chi connectivity index (χ0n) is 11.6. The van der Waals surface area contributed by atoms with Crippen molar-refractivity contribution >= 4 is 39.5 Å². The SMILES string of the molecule is CC(C)(CNC(=O)Nc1ccc(Br)cc1C(=O)O)C(N)=O. The van der Waals surface area contributed by atoms with E-state index in [0.29, 0.717) is 4.47 Å². The summed E-state index contributed by atoms with van der Waals surface area (Å²) in [5.41, 5.74) is 4.41. The van der Waals surface area contributed by atoms with Gasteiger partial charge in [0, 0.05) is 11.0 Å². The summed E-state index contributed by atoms with van der Waals surface area (Å²) in [6, 6.07) is 3.83. The third-order valence-electron chi connectivity index (χ3n) is 2.82. The van der Waals surface area contributed by atoms with Crippen molar-refractivity contribution in [2.75, 3.05) is 11.9 Å². The number of carbonyl (C=O) groups is 3. The molecule has 0 saturated carbocycles. The molecule has 1 aromatic rings. The minimum atomic E-state index is -1.16. The van der Waals surface area contributed by atoms with Crippen LogP contribution in [-0.4, -0.2) is 29.6 Å². The van der Waals surface area contributed by atoms with E-state index in [1.165, 1.54) is 12.1 Å². The quantitative estimate of drug-likeness (QED) is 0.641. The van der Waals surface area contributed by atoms with E-state index in [-0.39, 0.29) is 17.8 Å². The molecule has 1 aromatic carbocycles. The van der Waals surface area contributed by atoms with Gasteiger partial charge in [-0.15, -0.1) is 0 Å². The summed E-state index contributed by atoms with van der Waals surface area (Å²) in [7, 11) is 0. The summed E-state index contributed by atoms with van der Waals surface area (Å²) in [5, 5.41) is 14.0. The molecule has 0 saturated heterocycles. The van der Waals surface area contributed by atoms with E-state index >= 15 is 0 Å². The van der Waals surface area contributed by atoms with Gasteiger partial charge >= 0.3 is 12.0 Å². The van der Waals surface area contributed by atoms with Gasteiger partial charge in [0.15, 0.2) is 0 Å². The fourth-order valence-electron chi connectivity index (χ4n) is 1.36. The van der Waals surface area contributed by atoms with Crippen LogP contribution in [0.3, 0.4) is 0 Å². The highest BCUT2D eigenvalue weighted by molar-refractivity contribution is 9.10. The second kappa shape index (κ2) is 6.57. The first kappa shape index (κ1) is 17.0. The first-order valence-corrected chi connectivity index (χ1v) is 6.80. The molecule has 114 valence electrons. The molecule has 21 heavy (non-hydrogen) atoms. The normalized spacial score (nSPS) is 10.8. The Morgan fingerprint density at radius 2 is 1.95 bits per heavy atom. The van der Waals surface area contributed by atoms with Gasteiger partial charge in [-0.25, -0.2) is 9.59 Å². The Labute approximate surface area is 130 Å². The van der Waals surface area contributed by atoms with Gasteiger partial charge in [0.05, 0.1) is 16.7 Å². The van der Waals surface area contributed by atoms with Gasteiger partial charge in [-0.1, -0.05) is 15.9 Å². The number of halogens is 1. The number of urea groups is 1. The van der Waals surface area contributed by atoms with Crippen molar-refractivity contribution in [1.29, 1.82) is 0 Å². The van der Waals surface area contributed by atoms with Crippen molar-refractivity contribution in [3.05, 3.63) is 28.2 Å². The van der Waals surface area contributed by atoms with E-state index in [1.54, 1.807) is 19.9 Å². The number of hydrogen-bond acceptors (Lipinski definition) is 3. The molecule has 0 aromatic heterocycles. The van der Waals surface area contributed by atoms with Crippen molar-refractivity contribution in [2.45, 2.75) is 13.8 Å². The highest BCUT2D eigenvalue weighted by Crippen LogP contribution is 2.21. The molecule has 0 bridgehead atoms. The third kappa shape index (κ3) is 4.75. The lowest BCUT2D eigenvalue weighted by molar-refractivity contribution is -0.125. The highest BCUT2D eigenvalue weighted by atomic mass is 79.9. The molecule has 7 nitrogen and oxygen atoms in total. The van der Waals surface area contributed by atoms with Crippen molar-refractivity contribution in [2.24, 2.45) is 11.1 Å². The number of anilines is 1. The van der Waals surface area contributed by atoms with Gasteiger partial charge in [0.1, 0.15) is 0 Å². The van der Waals surface area contributed by atoms with Crippen LogP contribution >= 0.6 is 15.9 Å². The summed E-state index contributed by atoms with van der Waals surface area (Å²) in [4.78, 5) is 34.0. The number of primary amides is 1. The zero-order valence-corrected chi connectivity index (χ0v) is 13.2. The molecule has 0 fully saturated rings. The number of rotatable bonds is 5. The van der Waals surface area contributed by atoms with Crippen molar-refractivity contribution in [1.82, 2.24) is 5.32 Å². The number of nitrogens with one attached hydrogen (secondary N) is 2. The minimum absolute atomic E-state index is 0.0348. The lowest BCUT2D eigenvalue weighted by Crippen LogP contribution is -2.43. The molecule has 0 aliphatic rings. The largest absolute Gasteiger partial charge is 0.478 e. The molecule has 5 N–H and O–H groups in total. The molecule has 0 atom stereocenters. The molecular weight excluding hydrogens is 342 g/mol. The summed E-state index contributed by atoms with van der Waals surface area (Å²) < 4.78 is 0.584. The van der Waals surface area contributed by atoms with Crippen LogP contribution in [0.25, 0.3) is 0 Å². The first-order valence-electron chi connectivity index (χ1n) is 6.01. The van der Waals surface area contributed by atoms with Gasteiger partial charge in [-0.2, -0.15) is 0 Å². The Morgan fingerprint density at radius 3 is 2.48 bits per heavy atom. The molecule has 0 heterocycles. The van der Waals surface area contributed by atoms with E-state index in [1.807, 2.05) is 0 Å². The highest BCUT2D eigenvalue weighted by Gasteiger charge is 2.25. The van der Waals surface area contributed by atoms with Crippen LogP contribution in [0.2, 0.25) is 0 Å². The Bertz CT molecular complexity index is 587. The Morgan fingerprint density at radius 1 is 1.33 bits per heavy atom. The maximum Gasteiger partial charge on any atom is 0.337 e. The molecule has 0 radical (unpaired) electrons. The number of aromatic carboxylic acids is 1. The lowest BCUT2D eigenvalue weighted by atomic mass is 9.93. The first-order chi connectivity index (χ1) is 9.63. The molecule has 8 heteroatoms. The monoisotopic (exact) mass is 357 g/mol. The molecule has 0 spiro atoms. The summed E-state index contributed by atoms with van der Waals surface area (Å²) in [5.74, 6) is -1.71. The number of carboxylic acids is 1. The van der Waals surface area contributed by atoms with Gasteiger partial charge in [-0.05, 0) is 32.0 Å². The molecule has 3 amide bonds. The van der Waals surface area contributed by atoms with E-state index in [9.17, 15) is 14.4 Å². The fraction of sp³-hybridized carbons (Fsp3) is 0.308. The molecular formula is C13H16BrN3O4. The van der Waals surface area contributed by atoms with Crippen LogP contribution in [0.5, 0.6) is 0 Å². The smallest absolute Gasteiger partial charge is 0.337 e. The fourth-order valence-corrected chi connectivity index (χ4v) is 1.72. The topological polar surface area (TPSA) is 122 Å². The van der Waals surface area contributed by atoms with Crippen LogP contribution < -0.4 is 16.4 Å². The maximum absolute atomic E-state index is 11.8. The number of benzene rings is 1. The van der Waals surface area contributed by atoms with Crippen LogP contribution in [0.4, 0.5) is 10.5 Å². The number of amides is 3. The van der Waals surface area contributed by atoms with Gasteiger partial charge in [0.2, 0.25) is 5.91 Å². The Balaban J connectivity index is 2.76. The Hall–Kier alpha value is -2.09. The zero-order chi connectivity index (χ0) is 16.2. The van der Waals surface area contributed by atoms with Gasteiger partial charge in [0.25, 0.3) is 0 Å². The summed E-state index contributed by atoms with van der Waals surface area (Å²) in [6.45, 7) is 3.23. The number of carbonyl (C=O) groups excluding carboxylic acids is 2. The van der Waals surface area contributed by atoms with Crippen LogP contribution in [-0.2, 0) is 4.79 Å². The summed E-state index contributed by atoms with van der Waals surface area (Å²) in [6.07, 6.45) is 0. The molecule has 0 aliphatic carbocycles. The summed E-state index contributed by atoms with van der Waals surface area (Å²) >= 11 is 3.16. The average Bonchev–Trinajstić information content (AvgIpc) is 2.38. The standard InChI is InChI=1S/C13H16BrN3O4/c1-13(2,11(15)20)6-16-12(21)17-9-4-3-7(14)5-8(9)10(18)19/h3-5H,6H2,1-2H3,(H2,15,20)(H,18,19)(H2,16,17,21). The van der Waals surface area contributed by atoms with Crippen LogP contribution in [0, 0.1) is 5.41 Å². The van der Waals surface area contributed by atoms with Crippen molar-refractivity contribution in [3.8, 4) is 0 Å². The number of hydrogen-bond donors (Lipinski definition) is 4. The second-order valence-electron chi connectivity index (χ2n) is 5.05. The van der Waals surface area contributed by atoms with E-state index in [0.717, 1.165) is 0 Å². The van der Waals surface area contributed by atoms with Crippen molar-refractivity contribution < 1.29 is 19.5 Å². The number of carboxylic acid groups (broad SMARTS) is 1. The molecule has 0 aliphatic heterocycles. The van der Waals surface area contributed by atoms with Crippen molar-refractivity contribution in [3.63, 3.8) is 0 Å². The second-order valence-corrected chi connectivity index (χ2v) is 5.97. The molecule has 0 unspecified atom stereocenters.